The Morgan fingerprint density at radius 2 is 1.82 bits per heavy atom. The zero-order chi connectivity index (χ0) is 11.4. The minimum atomic E-state index is 0. The van der Waals surface area contributed by atoms with Gasteiger partial charge in [0, 0.05) is 12.6 Å². The van der Waals surface area contributed by atoms with E-state index in [2.05, 4.69) is 11.0 Å². The van der Waals surface area contributed by atoms with Crippen LogP contribution in [0.1, 0.15) is 24.0 Å². The normalized spacial score (nSPS) is 17.2. The number of nitrogens with zero attached hydrogens (tertiary/aromatic N) is 2. The highest BCUT2D eigenvalue weighted by molar-refractivity contribution is 5.85. The predicted octanol–water partition coefficient (Wildman–Crippen LogP) is 1.90. The van der Waals surface area contributed by atoms with Gasteiger partial charge in [-0.3, -0.25) is 4.90 Å². The van der Waals surface area contributed by atoms with E-state index in [1.807, 2.05) is 24.3 Å². The maximum atomic E-state index is 8.70. The maximum Gasteiger partial charge on any atom is 0.0991 e. The molecule has 17 heavy (non-hydrogen) atoms. The monoisotopic (exact) mass is 251 g/mol. The van der Waals surface area contributed by atoms with Crippen LogP contribution in [0.5, 0.6) is 0 Å². The van der Waals surface area contributed by atoms with Crippen LogP contribution in [0.2, 0.25) is 0 Å². The Morgan fingerprint density at radius 3 is 2.35 bits per heavy atom. The maximum absolute atomic E-state index is 8.70. The van der Waals surface area contributed by atoms with Crippen LogP contribution in [0.4, 0.5) is 0 Å². The number of benzene rings is 1. The van der Waals surface area contributed by atoms with Crippen molar-refractivity contribution in [3.05, 3.63) is 35.4 Å². The molecule has 1 aromatic carbocycles. The molecule has 4 heteroatoms. The molecule has 1 heterocycles. The van der Waals surface area contributed by atoms with Crippen LogP contribution in [0, 0.1) is 11.3 Å². The Hall–Kier alpha value is -1.08. The Labute approximate surface area is 109 Å². The van der Waals surface area contributed by atoms with Crippen molar-refractivity contribution < 1.29 is 0 Å². The molecule has 0 amide bonds. The standard InChI is InChI=1S/C13H17N3.ClH/c14-9-11-1-3-12(4-2-11)10-16-7-5-13(15)6-8-16;/h1-4,13H,5-8,10,15H2;1H. The highest BCUT2D eigenvalue weighted by Gasteiger charge is 2.15. The molecule has 2 N–H and O–H groups in total. The van der Waals surface area contributed by atoms with Crippen molar-refractivity contribution >= 4 is 12.4 Å². The van der Waals surface area contributed by atoms with Crippen molar-refractivity contribution in [1.82, 2.24) is 4.90 Å². The quantitative estimate of drug-likeness (QED) is 0.874. The second-order valence-electron chi connectivity index (χ2n) is 4.42. The molecule has 92 valence electrons. The van der Waals surface area contributed by atoms with Crippen LogP contribution >= 0.6 is 12.4 Å². The summed E-state index contributed by atoms with van der Waals surface area (Å²) in [7, 11) is 0. The summed E-state index contributed by atoms with van der Waals surface area (Å²) in [5.74, 6) is 0. The SMILES string of the molecule is Cl.N#Cc1ccc(CN2CCC(N)CC2)cc1. The largest absolute Gasteiger partial charge is 0.328 e. The molecule has 0 saturated carbocycles. The number of piperidine rings is 1. The van der Waals surface area contributed by atoms with Crippen LogP contribution in [0.15, 0.2) is 24.3 Å². The lowest BCUT2D eigenvalue weighted by molar-refractivity contribution is 0.205. The van der Waals surface area contributed by atoms with Crippen molar-refractivity contribution in [2.75, 3.05) is 13.1 Å². The fourth-order valence-electron chi connectivity index (χ4n) is 2.05. The molecule has 1 aliphatic heterocycles. The topological polar surface area (TPSA) is 53.0 Å². The first-order valence-corrected chi connectivity index (χ1v) is 5.75. The Morgan fingerprint density at radius 1 is 1.24 bits per heavy atom. The highest BCUT2D eigenvalue weighted by Crippen LogP contribution is 2.13. The molecule has 3 nitrogen and oxygen atoms in total. The van der Waals surface area contributed by atoms with Crippen LogP contribution in [0.25, 0.3) is 0 Å². The van der Waals surface area contributed by atoms with E-state index in [1.54, 1.807) is 0 Å². The summed E-state index contributed by atoms with van der Waals surface area (Å²) >= 11 is 0. The summed E-state index contributed by atoms with van der Waals surface area (Å²) in [6.45, 7) is 3.14. The van der Waals surface area contributed by atoms with Crippen LogP contribution < -0.4 is 5.73 Å². The molecule has 0 bridgehead atoms. The predicted molar refractivity (Wildman–Crippen MR) is 70.9 cm³/mol. The van der Waals surface area contributed by atoms with Gasteiger partial charge in [-0.15, -0.1) is 12.4 Å². The average Bonchev–Trinajstić information content (AvgIpc) is 2.33. The summed E-state index contributed by atoms with van der Waals surface area (Å²) in [6, 6.07) is 10.3. The van der Waals surface area contributed by atoms with Gasteiger partial charge in [0.25, 0.3) is 0 Å². The lowest BCUT2D eigenvalue weighted by atomic mass is 10.0. The lowest BCUT2D eigenvalue weighted by Gasteiger charge is -2.30. The van der Waals surface area contributed by atoms with Gasteiger partial charge in [0.15, 0.2) is 0 Å². The van der Waals surface area contributed by atoms with E-state index < -0.39 is 0 Å². The molecule has 0 spiro atoms. The molecule has 1 saturated heterocycles. The van der Waals surface area contributed by atoms with E-state index in [0.29, 0.717) is 6.04 Å². The number of rotatable bonds is 2. The summed E-state index contributed by atoms with van der Waals surface area (Å²) in [6.07, 6.45) is 2.19. The van der Waals surface area contributed by atoms with E-state index >= 15 is 0 Å². The van der Waals surface area contributed by atoms with Crippen molar-refractivity contribution in [3.63, 3.8) is 0 Å². The number of likely N-dealkylation sites (tertiary alicyclic amines) is 1. The Bertz CT molecular complexity index is 375. The van der Waals surface area contributed by atoms with E-state index in [0.717, 1.165) is 38.0 Å². The van der Waals surface area contributed by atoms with Gasteiger partial charge in [-0.25, -0.2) is 0 Å². The first-order valence-electron chi connectivity index (χ1n) is 5.75. The second kappa shape index (κ2) is 6.61. The van der Waals surface area contributed by atoms with Gasteiger partial charge in [0.2, 0.25) is 0 Å². The highest BCUT2D eigenvalue weighted by atomic mass is 35.5. The number of halogens is 1. The fourth-order valence-corrected chi connectivity index (χ4v) is 2.05. The molecule has 0 unspecified atom stereocenters. The van der Waals surface area contributed by atoms with Gasteiger partial charge >= 0.3 is 0 Å². The summed E-state index contributed by atoms with van der Waals surface area (Å²) in [4.78, 5) is 2.42. The van der Waals surface area contributed by atoms with Crippen molar-refractivity contribution in [3.8, 4) is 6.07 Å². The molecule has 0 radical (unpaired) electrons. The molecule has 0 aliphatic carbocycles. The summed E-state index contributed by atoms with van der Waals surface area (Å²) in [5, 5.41) is 8.70. The lowest BCUT2D eigenvalue weighted by Crippen LogP contribution is -2.39. The van der Waals surface area contributed by atoms with Gasteiger partial charge in [-0.05, 0) is 43.6 Å². The zero-order valence-electron chi connectivity index (χ0n) is 9.80. The fraction of sp³-hybridized carbons (Fsp3) is 0.462. The summed E-state index contributed by atoms with van der Waals surface area (Å²) < 4.78 is 0. The zero-order valence-corrected chi connectivity index (χ0v) is 10.6. The molecule has 1 aliphatic rings. The minimum absolute atomic E-state index is 0. The smallest absolute Gasteiger partial charge is 0.0991 e. The minimum Gasteiger partial charge on any atom is -0.328 e. The average molecular weight is 252 g/mol. The molecule has 2 rings (SSSR count). The molecule has 1 aromatic rings. The number of hydrogen-bond acceptors (Lipinski definition) is 3. The van der Waals surface area contributed by atoms with Gasteiger partial charge in [-0.1, -0.05) is 12.1 Å². The molecular weight excluding hydrogens is 234 g/mol. The molecular formula is C13H18ClN3. The van der Waals surface area contributed by atoms with Gasteiger partial charge in [0.05, 0.1) is 11.6 Å². The van der Waals surface area contributed by atoms with Crippen LogP contribution in [-0.2, 0) is 6.54 Å². The third-order valence-corrected chi connectivity index (χ3v) is 3.12. The first-order chi connectivity index (χ1) is 7.78. The van der Waals surface area contributed by atoms with Crippen LogP contribution in [-0.4, -0.2) is 24.0 Å². The third-order valence-electron chi connectivity index (χ3n) is 3.12. The molecule has 0 atom stereocenters. The second-order valence-corrected chi connectivity index (χ2v) is 4.42. The Kier molecular flexibility index (Phi) is 5.43. The van der Waals surface area contributed by atoms with E-state index in [1.165, 1.54) is 5.56 Å². The van der Waals surface area contributed by atoms with E-state index in [4.69, 9.17) is 11.0 Å². The molecule has 0 aromatic heterocycles. The van der Waals surface area contributed by atoms with Crippen LogP contribution in [0.3, 0.4) is 0 Å². The number of nitriles is 1. The van der Waals surface area contributed by atoms with Gasteiger partial charge in [0.1, 0.15) is 0 Å². The Balaban J connectivity index is 0.00000144. The van der Waals surface area contributed by atoms with Crippen molar-refractivity contribution in [2.24, 2.45) is 5.73 Å². The van der Waals surface area contributed by atoms with E-state index in [9.17, 15) is 0 Å². The van der Waals surface area contributed by atoms with E-state index in [-0.39, 0.29) is 12.4 Å². The first kappa shape index (κ1) is 14.0. The van der Waals surface area contributed by atoms with Crippen molar-refractivity contribution in [2.45, 2.75) is 25.4 Å². The summed E-state index contributed by atoms with van der Waals surface area (Å²) in [5.41, 5.74) is 7.86. The van der Waals surface area contributed by atoms with Gasteiger partial charge < -0.3 is 5.73 Å². The number of hydrogen-bond donors (Lipinski definition) is 1. The van der Waals surface area contributed by atoms with Gasteiger partial charge in [-0.2, -0.15) is 5.26 Å². The molecule has 1 fully saturated rings. The third kappa shape index (κ3) is 4.01. The van der Waals surface area contributed by atoms with Crippen molar-refractivity contribution in [1.29, 1.82) is 5.26 Å². The number of nitrogens with two attached hydrogens (primary N) is 1.